The molecule has 1 aromatic rings. The van der Waals surface area contributed by atoms with Crippen LogP contribution in [0.2, 0.25) is 0 Å². The number of allylic oxidation sites excluding steroid dienone is 1. The summed E-state index contributed by atoms with van der Waals surface area (Å²) in [5.74, 6) is -5.12. The smallest absolute Gasteiger partial charge is 0.338 e. The van der Waals surface area contributed by atoms with Gasteiger partial charge in [-0.05, 0) is 24.6 Å². The van der Waals surface area contributed by atoms with Crippen LogP contribution in [-0.2, 0) is 37.9 Å². The quantitative estimate of drug-likeness (QED) is 0.265. The summed E-state index contributed by atoms with van der Waals surface area (Å²) in [4.78, 5) is 54.2. The van der Waals surface area contributed by atoms with Gasteiger partial charge in [0.2, 0.25) is 5.78 Å². The first-order chi connectivity index (χ1) is 20.6. The first-order valence-corrected chi connectivity index (χ1v) is 17.3. The molecule has 2 bridgehead atoms. The fourth-order valence-corrected chi connectivity index (χ4v) is 9.12. The van der Waals surface area contributed by atoms with E-state index in [1.807, 2.05) is 0 Å². The molecule has 0 radical (unpaired) electrons. The average molecular weight is 651 g/mol. The number of ketones is 1. The van der Waals surface area contributed by atoms with E-state index in [1.165, 1.54) is 13.8 Å². The van der Waals surface area contributed by atoms with Gasteiger partial charge in [-0.1, -0.05) is 47.9 Å². The zero-order chi connectivity index (χ0) is 32.4. The summed E-state index contributed by atoms with van der Waals surface area (Å²) in [6.45, 7) is 8.90. The van der Waals surface area contributed by atoms with Crippen molar-refractivity contribution in [3.05, 3.63) is 47.2 Å². The number of carbonyl (C=O) groups excluding carboxylic acids is 4. The topological polar surface area (TPSA) is 155 Å². The SMILES string of the molecule is CC(=O)OC1=C2C(C)C(O)C[C@@](O)([C@@H](OC(=O)c3ccccc3)[C@@H]3[C@]4(OC(C)=O)CO[C@@H]4C[C@H](OPP)[C@@]3(C)C1=O)C2(C)C. The van der Waals surface area contributed by atoms with Gasteiger partial charge in [0.25, 0.3) is 0 Å². The molecule has 4 aliphatic rings. The molecule has 1 heterocycles. The van der Waals surface area contributed by atoms with Crippen LogP contribution in [0.4, 0.5) is 0 Å². The van der Waals surface area contributed by atoms with Crippen LogP contribution in [-0.4, -0.2) is 76.1 Å². The van der Waals surface area contributed by atoms with Crippen molar-refractivity contribution in [1.29, 1.82) is 0 Å². The van der Waals surface area contributed by atoms with Gasteiger partial charge in [0.05, 0.1) is 35.7 Å². The number of rotatable bonds is 6. The Hall–Kier alpha value is -2.26. The second-order valence-electron chi connectivity index (χ2n) is 13.0. The molecule has 2 N–H and O–H groups in total. The lowest BCUT2D eigenvalue weighted by Gasteiger charge is -2.67. The Labute approximate surface area is 260 Å². The molecule has 240 valence electrons. The van der Waals surface area contributed by atoms with Crippen molar-refractivity contribution in [2.45, 2.75) is 90.0 Å². The number of esters is 3. The Morgan fingerprint density at radius 1 is 1.09 bits per heavy atom. The number of aliphatic hydroxyl groups excluding tert-OH is 1. The summed E-state index contributed by atoms with van der Waals surface area (Å²) in [6, 6.07) is 8.20. The number of ether oxygens (including phenoxy) is 4. The normalized spacial score (nSPS) is 39.3. The highest BCUT2D eigenvalue weighted by atomic mass is 32.0. The summed E-state index contributed by atoms with van der Waals surface area (Å²) >= 11 is 0. The summed E-state index contributed by atoms with van der Waals surface area (Å²) in [7, 11) is 2.32. The number of carbonyl (C=O) groups is 4. The van der Waals surface area contributed by atoms with Crippen LogP contribution < -0.4 is 0 Å². The molecule has 1 saturated heterocycles. The summed E-state index contributed by atoms with van der Waals surface area (Å²) < 4.78 is 30.2. The molecule has 4 unspecified atom stereocenters. The van der Waals surface area contributed by atoms with E-state index in [4.69, 9.17) is 23.5 Å². The third-order valence-electron chi connectivity index (χ3n) is 10.4. The van der Waals surface area contributed by atoms with Gasteiger partial charge in [0.15, 0.2) is 11.4 Å². The van der Waals surface area contributed by atoms with E-state index in [-0.39, 0.29) is 44.8 Å². The van der Waals surface area contributed by atoms with Crippen LogP contribution >= 0.6 is 17.4 Å². The lowest BCUT2D eigenvalue weighted by molar-refractivity contribution is -0.343. The van der Waals surface area contributed by atoms with Crippen molar-refractivity contribution < 1.29 is 52.9 Å². The maximum Gasteiger partial charge on any atom is 0.338 e. The van der Waals surface area contributed by atoms with Gasteiger partial charge in [-0.25, -0.2) is 4.79 Å². The Balaban J connectivity index is 1.88. The maximum atomic E-state index is 15.1. The van der Waals surface area contributed by atoms with E-state index in [0.29, 0.717) is 0 Å². The number of Topliss-reactive ketones (excluding diaryl/α,β-unsaturated/α-hetero) is 1. The monoisotopic (exact) mass is 650 g/mol. The van der Waals surface area contributed by atoms with E-state index in [1.54, 1.807) is 58.0 Å². The van der Waals surface area contributed by atoms with Gasteiger partial charge in [-0.2, -0.15) is 0 Å². The number of fused-ring (bicyclic) bond motifs is 5. The summed E-state index contributed by atoms with van der Waals surface area (Å²) in [5, 5.41) is 24.4. The van der Waals surface area contributed by atoms with Crippen molar-refractivity contribution in [1.82, 2.24) is 0 Å². The minimum absolute atomic E-state index is 0.134. The third-order valence-corrected chi connectivity index (χ3v) is 11.2. The van der Waals surface area contributed by atoms with E-state index in [9.17, 15) is 24.6 Å². The van der Waals surface area contributed by atoms with Gasteiger partial charge in [0, 0.05) is 46.5 Å². The second-order valence-corrected chi connectivity index (χ2v) is 14.2. The standard InChI is InChI=1S/C31H40O11P2/c1-15-19(34)13-31(37)26(40-27(36)18-10-8-7-9-11-18)24-29(6,25(35)23(39-16(2)32)22(15)28(31,4)5)20(42-44-43)12-21-30(24,14-38-21)41-17(3)33/h7-11,15,19-21,24,26,34,37,44H,12-14,43H2,1-6H3/t15?,19?,20-,21+,24-,26-,29+,30-,31+/m0/s1. The number of hydrogen-bond acceptors (Lipinski definition) is 11. The molecule has 44 heavy (non-hydrogen) atoms. The average Bonchev–Trinajstić information content (AvgIpc) is 2.94. The van der Waals surface area contributed by atoms with Crippen LogP contribution in [0.1, 0.15) is 64.7 Å². The van der Waals surface area contributed by atoms with Crippen molar-refractivity contribution in [3.63, 3.8) is 0 Å². The third kappa shape index (κ3) is 4.78. The molecule has 2 saturated carbocycles. The van der Waals surface area contributed by atoms with E-state index in [2.05, 4.69) is 8.93 Å². The largest absolute Gasteiger partial charge is 0.455 e. The molecule has 0 spiro atoms. The number of benzene rings is 1. The molecular formula is C31H40O11P2. The van der Waals surface area contributed by atoms with Crippen LogP contribution in [0, 0.1) is 22.7 Å². The molecule has 11 nitrogen and oxygen atoms in total. The number of aliphatic hydroxyl groups is 2. The van der Waals surface area contributed by atoms with E-state index in [0.717, 1.165) is 0 Å². The highest BCUT2D eigenvalue weighted by Crippen LogP contribution is 2.65. The van der Waals surface area contributed by atoms with Crippen molar-refractivity contribution in [2.24, 2.45) is 22.7 Å². The Morgan fingerprint density at radius 2 is 1.75 bits per heavy atom. The maximum absolute atomic E-state index is 15.1. The molecule has 3 fully saturated rings. The fraction of sp³-hybridized carbons (Fsp3) is 0.613. The van der Waals surface area contributed by atoms with Crippen molar-refractivity contribution in [2.75, 3.05) is 6.61 Å². The molecule has 1 aliphatic heterocycles. The lowest BCUT2D eigenvalue weighted by Crippen LogP contribution is -2.81. The predicted octanol–water partition coefficient (Wildman–Crippen LogP) is 3.27. The lowest BCUT2D eigenvalue weighted by atomic mass is 9.45. The van der Waals surface area contributed by atoms with Crippen LogP contribution in [0.3, 0.4) is 0 Å². The fourth-order valence-electron chi connectivity index (χ4n) is 8.13. The van der Waals surface area contributed by atoms with E-state index >= 15 is 4.79 Å². The van der Waals surface area contributed by atoms with Crippen LogP contribution in [0.25, 0.3) is 0 Å². The molecule has 1 aromatic carbocycles. The highest BCUT2D eigenvalue weighted by Gasteiger charge is 2.78. The van der Waals surface area contributed by atoms with E-state index < -0.39 is 82.0 Å². The zero-order valence-electron chi connectivity index (χ0n) is 25.6. The zero-order valence-corrected chi connectivity index (χ0v) is 27.8. The molecule has 0 aromatic heterocycles. The molecule has 0 amide bonds. The Morgan fingerprint density at radius 3 is 2.30 bits per heavy atom. The van der Waals surface area contributed by atoms with Crippen molar-refractivity contribution in [3.8, 4) is 0 Å². The minimum atomic E-state index is -2.06. The van der Waals surface area contributed by atoms with Gasteiger partial charge >= 0.3 is 17.9 Å². The molecule has 13 heteroatoms. The molecule has 3 aliphatic carbocycles. The van der Waals surface area contributed by atoms with Gasteiger partial charge in [-0.3, -0.25) is 14.4 Å². The molecule has 11 atom stereocenters. The summed E-state index contributed by atoms with van der Waals surface area (Å²) in [5.41, 5.74) is -6.25. The number of hydrogen-bond donors (Lipinski definition) is 2. The molecule has 5 rings (SSSR count). The summed E-state index contributed by atoms with van der Waals surface area (Å²) in [6.07, 6.45) is -4.52. The molecular weight excluding hydrogens is 610 g/mol. The van der Waals surface area contributed by atoms with Crippen LogP contribution in [0.15, 0.2) is 41.7 Å². The minimum Gasteiger partial charge on any atom is -0.455 e. The van der Waals surface area contributed by atoms with Gasteiger partial charge in [-0.15, -0.1) is 0 Å². The van der Waals surface area contributed by atoms with Crippen molar-refractivity contribution >= 4 is 41.1 Å². The highest BCUT2D eigenvalue weighted by molar-refractivity contribution is 8.00. The van der Waals surface area contributed by atoms with Crippen LogP contribution in [0.5, 0.6) is 0 Å². The first kappa shape index (κ1) is 33.1. The van der Waals surface area contributed by atoms with Gasteiger partial charge in [0.1, 0.15) is 17.8 Å². The Bertz CT molecular complexity index is 1400. The second kappa shape index (κ2) is 11.5. The Kier molecular flexibility index (Phi) is 8.67. The first-order valence-electron chi connectivity index (χ1n) is 14.6. The van der Waals surface area contributed by atoms with Gasteiger partial charge < -0.3 is 33.7 Å². The predicted molar refractivity (Wildman–Crippen MR) is 161 cm³/mol.